The average molecular weight is 223 g/mol. The Morgan fingerprint density at radius 3 is 2.69 bits per heavy atom. The van der Waals surface area contributed by atoms with E-state index >= 15 is 0 Å². The van der Waals surface area contributed by atoms with Gasteiger partial charge in [-0.1, -0.05) is 17.7 Å². The Morgan fingerprint density at radius 2 is 2.06 bits per heavy atom. The minimum absolute atomic E-state index is 0.233. The third-order valence-corrected chi connectivity index (χ3v) is 2.53. The molecule has 1 aromatic carbocycles. The summed E-state index contributed by atoms with van der Waals surface area (Å²) in [4.78, 5) is 0. The van der Waals surface area contributed by atoms with Crippen molar-refractivity contribution in [2.75, 3.05) is 20.3 Å². The van der Waals surface area contributed by atoms with Crippen LogP contribution in [0, 0.1) is 13.8 Å². The first-order valence-corrected chi connectivity index (χ1v) is 5.64. The molecule has 0 heterocycles. The minimum atomic E-state index is 0.233. The van der Waals surface area contributed by atoms with Gasteiger partial charge in [-0.3, -0.25) is 0 Å². The molecular formula is C13H21NO2. The number of methoxy groups -OCH3 is 1. The molecule has 0 aliphatic heterocycles. The third-order valence-electron chi connectivity index (χ3n) is 2.53. The van der Waals surface area contributed by atoms with E-state index in [0.717, 1.165) is 25.3 Å². The van der Waals surface area contributed by atoms with Crippen molar-refractivity contribution in [1.82, 2.24) is 5.32 Å². The van der Waals surface area contributed by atoms with E-state index in [2.05, 4.69) is 31.3 Å². The highest BCUT2D eigenvalue weighted by Gasteiger charge is 2.06. The Balaban J connectivity index is 2.69. The van der Waals surface area contributed by atoms with Gasteiger partial charge in [-0.25, -0.2) is 0 Å². The fourth-order valence-corrected chi connectivity index (χ4v) is 1.89. The molecule has 0 bridgehead atoms. The fraction of sp³-hybridized carbons (Fsp3) is 0.538. The molecule has 0 saturated carbocycles. The predicted octanol–water partition coefficient (Wildman–Crippen LogP) is 1.78. The molecule has 0 amide bonds. The summed E-state index contributed by atoms with van der Waals surface area (Å²) >= 11 is 0. The van der Waals surface area contributed by atoms with E-state index in [4.69, 9.17) is 9.84 Å². The fourth-order valence-electron chi connectivity index (χ4n) is 1.89. The number of aryl methyl sites for hydroxylation is 2. The van der Waals surface area contributed by atoms with Crippen LogP contribution in [0.2, 0.25) is 0 Å². The van der Waals surface area contributed by atoms with Crippen LogP contribution in [-0.2, 0) is 6.54 Å². The van der Waals surface area contributed by atoms with Gasteiger partial charge >= 0.3 is 0 Å². The highest BCUT2D eigenvalue weighted by Crippen LogP contribution is 2.24. The van der Waals surface area contributed by atoms with E-state index in [0.29, 0.717) is 0 Å². The SMILES string of the molecule is COc1c(C)cc(C)cc1CNCCCO. The van der Waals surface area contributed by atoms with Crippen molar-refractivity contribution < 1.29 is 9.84 Å². The van der Waals surface area contributed by atoms with Crippen LogP contribution in [0.25, 0.3) is 0 Å². The van der Waals surface area contributed by atoms with Gasteiger partial charge in [0.2, 0.25) is 0 Å². The van der Waals surface area contributed by atoms with Crippen molar-refractivity contribution in [1.29, 1.82) is 0 Å². The van der Waals surface area contributed by atoms with Crippen LogP contribution in [0.5, 0.6) is 5.75 Å². The highest BCUT2D eigenvalue weighted by atomic mass is 16.5. The van der Waals surface area contributed by atoms with Crippen LogP contribution in [0.15, 0.2) is 12.1 Å². The highest BCUT2D eigenvalue weighted by molar-refractivity contribution is 5.43. The molecule has 2 N–H and O–H groups in total. The summed E-state index contributed by atoms with van der Waals surface area (Å²) in [5.41, 5.74) is 3.59. The van der Waals surface area contributed by atoms with Gasteiger partial charge in [-0.15, -0.1) is 0 Å². The topological polar surface area (TPSA) is 41.5 Å². The molecule has 1 aromatic rings. The first-order chi connectivity index (χ1) is 7.69. The zero-order valence-corrected chi connectivity index (χ0v) is 10.3. The van der Waals surface area contributed by atoms with Crippen LogP contribution in [0.3, 0.4) is 0 Å². The second-order valence-electron chi connectivity index (χ2n) is 4.03. The molecule has 0 aliphatic carbocycles. The Labute approximate surface area is 97.4 Å². The summed E-state index contributed by atoms with van der Waals surface area (Å²) in [7, 11) is 1.70. The van der Waals surface area contributed by atoms with Gasteiger partial charge < -0.3 is 15.2 Å². The number of rotatable bonds is 6. The van der Waals surface area contributed by atoms with E-state index in [1.165, 1.54) is 16.7 Å². The first-order valence-electron chi connectivity index (χ1n) is 5.64. The van der Waals surface area contributed by atoms with Gasteiger partial charge in [-0.05, 0) is 32.4 Å². The Hall–Kier alpha value is -1.06. The molecule has 16 heavy (non-hydrogen) atoms. The maximum absolute atomic E-state index is 8.69. The minimum Gasteiger partial charge on any atom is -0.496 e. The zero-order chi connectivity index (χ0) is 12.0. The summed E-state index contributed by atoms with van der Waals surface area (Å²) in [6.07, 6.45) is 0.785. The van der Waals surface area contributed by atoms with E-state index in [1.807, 2.05) is 0 Å². The molecule has 0 radical (unpaired) electrons. The summed E-state index contributed by atoms with van der Waals surface area (Å²) < 4.78 is 5.40. The lowest BCUT2D eigenvalue weighted by molar-refractivity contribution is 0.286. The summed E-state index contributed by atoms with van der Waals surface area (Å²) in [6.45, 7) is 5.99. The van der Waals surface area contributed by atoms with Gasteiger partial charge in [0, 0.05) is 18.7 Å². The van der Waals surface area contributed by atoms with Gasteiger partial charge in [0.15, 0.2) is 0 Å². The van der Waals surface area contributed by atoms with Crippen molar-refractivity contribution in [2.24, 2.45) is 0 Å². The first kappa shape index (κ1) is 13.0. The largest absolute Gasteiger partial charge is 0.496 e. The van der Waals surface area contributed by atoms with Gasteiger partial charge in [0.25, 0.3) is 0 Å². The number of benzene rings is 1. The van der Waals surface area contributed by atoms with E-state index in [1.54, 1.807) is 7.11 Å². The molecular weight excluding hydrogens is 202 g/mol. The number of hydrogen-bond donors (Lipinski definition) is 2. The number of aliphatic hydroxyl groups is 1. The van der Waals surface area contributed by atoms with E-state index in [-0.39, 0.29) is 6.61 Å². The molecule has 3 heteroatoms. The average Bonchev–Trinajstić information content (AvgIpc) is 2.24. The molecule has 0 saturated heterocycles. The molecule has 0 spiro atoms. The number of aliphatic hydroxyl groups excluding tert-OH is 1. The van der Waals surface area contributed by atoms with Crippen LogP contribution < -0.4 is 10.1 Å². The van der Waals surface area contributed by atoms with Gasteiger partial charge in [-0.2, -0.15) is 0 Å². The molecule has 0 aliphatic rings. The Bertz CT molecular complexity index is 337. The van der Waals surface area contributed by atoms with Crippen LogP contribution in [0.4, 0.5) is 0 Å². The number of ether oxygens (including phenoxy) is 1. The second-order valence-corrected chi connectivity index (χ2v) is 4.03. The lowest BCUT2D eigenvalue weighted by Gasteiger charge is -2.13. The third kappa shape index (κ3) is 3.51. The summed E-state index contributed by atoms with van der Waals surface area (Å²) in [5.74, 6) is 0.960. The second kappa shape index (κ2) is 6.51. The van der Waals surface area contributed by atoms with Crippen LogP contribution in [-0.4, -0.2) is 25.4 Å². The molecule has 90 valence electrons. The monoisotopic (exact) mass is 223 g/mol. The van der Waals surface area contributed by atoms with E-state index in [9.17, 15) is 0 Å². The van der Waals surface area contributed by atoms with Crippen LogP contribution in [0.1, 0.15) is 23.1 Å². The standard InChI is InChI=1S/C13H21NO2/c1-10-7-11(2)13(16-3)12(8-10)9-14-5-4-6-15/h7-8,14-15H,4-6,9H2,1-3H3. The number of hydrogen-bond acceptors (Lipinski definition) is 3. The molecule has 0 fully saturated rings. The predicted molar refractivity (Wildman–Crippen MR) is 65.9 cm³/mol. The maximum atomic E-state index is 8.69. The molecule has 0 atom stereocenters. The smallest absolute Gasteiger partial charge is 0.126 e. The molecule has 0 aromatic heterocycles. The van der Waals surface area contributed by atoms with Crippen molar-refractivity contribution in [3.63, 3.8) is 0 Å². The normalized spacial score (nSPS) is 10.5. The van der Waals surface area contributed by atoms with E-state index < -0.39 is 0 Å². The molecule has 0 unspecified atom stereocenters. The van der Waals surface area contributed by atoms with Gasteiger partial charge in [0.05, 0.1) is 7.11 Å². The van der Waals surface area contributed by atoms with Gasteiger partial charge in [0.1, 0.15) is 5.75 Å². The molecule has 1 rings (SSSR count). The van der Waals surface area contributed by atoms with Crippen molar-refractivity contribution in [3.8, 4) is 5.75 Å². The van der Waals surface area contributed by atoms with Crippen molar-refractivity contribution in [3.05, 3.63) is 28.8 Å². The van der Waals surface area contributed by atoms with Crippen molar-refractivity contribution in [2.45, 2.75) is 26.8 Å². The van der Waals surface area contributed by atoms with Crippen LogP contribution >= 0.6 is 0 Å². The lowest BCUT2D eigenvalue weighted by Crippen LogP contribution is -2.16. The Morgan fingerprint density at radius 1 is 1.31 bits per heavy atom. The quantitative estimate of drug-likeness (QED) is 0.722. The number of nitrogens with one attached hydrogen (secondary N) is 1. The Kier molecular flexibility index (Phi) is 5.29. The zero-order valence-electron chi connectivity index (χ0n) is 10.3. The maximum Gasteiger partial charge on any atom is 0.126 e. The lowest BCUT2D eigenvalue weighted by atomic mass is 10.1. The van der Waals surface area contributed by atoms with Crippen molar-refractivity contribution >= 4 is 0 Å². The summed E-state index contributed by atoms with van der Waals surface area (Å²) in [5, 5.41) is 12.0. The summed E-state index contributed by atoms with van der Waals surface area (Å²) in [6, 6.07) is 4.26. The molecule has 3 nitrogen and oxygen atoms in total.